The molecule has 0 heterocycles. The lowest BCUT2D eigenvalue weighted by atomic mass is 10.1. The molecule has 0 radical (unpaired) electrons. The SMILES string of the molecule is CCCCCCCC/C=C\CCCCCCCC(=O)NC(CO)C(=O)O.[MgH2]. The molecule has 1 unspecified atom stereocenters. The van der Waals surface area contributed by atoms with Crippen LogP contribution in [0.3, 0.4) is 0 Å². The van der Waals surface area contributed by atoms with Crippen molar-refractivity contribution in [3.05, 3.63) is 12.2 Å². The number of carboxylic acids is 1. The summed E-state index contributed by atoms with van der Waals surface area (Å²) in [5.41, 5.74) is 0. The second kappa shape index (κ2) is 21.7. The van der Waals surface area contributed by atoms with E-state index in [0.29, 0.717) is 6.42 Å². The molecule has 0 bridgehead atoms. The maximum atomic E-state index is 11.6. The molecule has 0 aromatic rings. The van der Waals surface area contributed by atoms with Gasteiger partial charge in [0.15, 0.2) is 0 Å². The van der Waals surface area contributed by atoms with Crippen LogP contribution in [-0.2, 0) is 9.59 Å². The van der Waals surface area contributed by atoms with Gasteiger partial charge in [-0.05, 0) is 32.1 Å². The van der Waals surface area contributed by atoms with E-state index in [0.717, 1.165) is 32.1 Å². The van der Waals surface area contributed by atoms with Gasteiger partial charge in [-0.15, -0.1) is 0 Å². The molecule has 0 aromatic heterocycles. The highest BCUT2D eigenvalue weighted by molar-refractivity contribution is 5.83. The van der Waals surface area contributed by atoms with Crippen LogP contribution in [0.25, 0.3) is 0 Å². The van der Waals surface area contributed by atoms with Crippen molar-refractivity contribution in [2.45, 2.75) is 103 Å². The average molecular weight is 396 g/mol. The Labute approximate surface area is 181 Å². The molecule has 27 heavy (non-hydrogen) atoms. The van der Waals surface area contributed by atoms with Crippen LogP contribution < -0.4 is 5.32 Å². The van der Waals surface area contributed by atoms with E-state index < -0.39 is 18.6 Å². The van der Waals surface area contributed by atoms with Crippen LogP contribution in [-0.4, -0.2) is 57.8 Å². The third kappa shape index (κ3) is 20.0. The van der Waals surface area contributed by atoms with Gasteiger partial charge in [0, 0.05) is 6.42 Å². The number of aliphatic hydroxyl groups is 1. The number of carboxylic acid groups (broad SMARTS) is 1. The molecule has 3 N–H and O–H groups in total. The van der Waals surface area contributed by atoms with Crippen molar-refractivity contribution >= 4 is 34.9 Å². The topological polar surface area (TPSA) is 86.6 Å². The van der Waals surface area contributed by atoms with Gasteiger partial charge in [-0.2, -0.15) is 0 Å². The van der Waals surface area contributed by atoms with Crippen molar-refractivity contribution in [3.63, 3.8) is 0 Å². The zero-order valence-electron chi connectivity index (χ0n) is 16.5. The number of allylic oxidation sites excluding steroid dienone is 2. The lowest BCUT2D eigenvalue weighted by Crippen LogP contribution is -2.43. The third-order valence-electron chi connectivity index (χ3n) is 4.48. The second-order valence-corrected chi connectivity index (χ2v) is 6.98. The predicted molar refractivity (Wildman–Crippen MR) is 115 cm³/mol. The summed E-state index contributed by atoms with van der Waals surface area (Å²) in [5.74, 6) is -1.51. The standard InChI is InChI=1S/C21H39NO4.Mg.2H/c1-2-3-4-5-6-7-8-9-10-11-12-13-14-15-16-17-20(24)22-19(18-23)21(25)26;;;/h9-10,19,23H,2-8,11-18H2,1H3,(H,22,24)(H,25,26);;;/b10-9-;;;. The fourth-order valence-corrected chi connectivity index (χ4v) is 2.81. The molecule has 0 rings (SSSR count). The van der Waals surface area contributed by atoms with E-state index in [2.05, 4.69) is 24.4 Å². The first-order valence-electron chi connectivity index (χ1n) is 10.4. The third-order valence-corrected chi connectivity index (χ3v) is 4.48. The molecule has 0 fully saturated rings. The molecule has 0 aromatic carbocycles. The highest BCUT2D eigenvalue weighted by atomic mass is 24.3. The summed E-state index contributed by atoms with van der Waals surface area (Å²) < 4.78 is 0. The minimum absolute atomic E-state index is 0. The molecule has 6 heteroatoms. The first-order valence-corrected chi connectivity index (χ1v) is 10.4. The number of aliphatic hydroxyl groups excluding tert-OH is 1. The maximum absolute atomic E-state index is 11.6. The van der Waals surface area contributed by atoms with Crippen molar-refractivity contribution in [1.29, 1.82) is 0 Å². The molecule has 0 saturated heterocycles. The molecular formula is C21H41MgNO4. The Morgan fingerprint density at radius 2 is 1.33 bits per heavy atom. The van der Waals surface area contributed by atoms with Crippen molar-refractivity contribution in [1.82, 2.24) is 5.32 Å². The van der Waals surface area contributed by atoms with Gasteiger partial charge >= 0.3 is 29.0 Å². The van der Waals surface area contributed by atoms with Crippen LogP contribution in [0.5, 0.6) is 0 Å². The summed E-state index contributed by atoms with van der Waals surface area (Å²) in [6.07, 6.45) is 20.5. The van der Waals surface area contributed by atoms with Crippen LogP contribution in [0.4, 0.5) is 0 Å². The number of aliphatic carboxylic acids is 1. The second-order valence-electron chi connectivity index (χ2n) is 6.98. The fraction of sp³-hybridized carbons (Fsp3) is 0.810. The van der Waals surface area contributed by atoms with Gasteiger partial charge in [0.2, 0.25) is 5.91 Å². The number of nitrogens with one attached hydrogen (secondary N) is 1. The molecular weight excluding hydrogens is 355 g/mol. The van der Waals surface area contributed by atoms with Gasteiger partial charge < -0.3 is 15.5 Å². The summed E-state index contributed by atoms with van der Waals surface area (Å²) in [6, 6.07) is -1.19. The molecule has 5 nitrogen and oxygen atoms in total. The summed E-state index contributed by atoms with van der Waals surface area (Å²) in [7, 11) is 0. The summed E-state index contributed by atoms with van der Waals surface area (Å²) >= 11 is 0. The Kier molecular flexibility index (Phi) is 23.0. The van der Waals surface area contributed by atoms with Gasteiger partial charge in [-0.1, -0.05) is 70.4 Å². The van der Waals surface area contributed by atoms with Crippen LogP contribution in [0.1, 0.15) is 96.8 Å². The molecule has 1 atom stereocenters. The maximum Gasteiger partial charge on any atom is 0.328 e. The Balaban J connectivity index is 0. The van der Waals surface area contributed by atoms with Crippen LogP contribution >= 0.6 is 0 Å². The number of hydrogen-bond acceptors (Lipinski definition) is 3. The lowest BCUT2D eigenvalue weighted by molar-refractivity contribution is -0.142. The van der Waals surface area contributed by atoms with E-state index in [1.54, 1.807) is 0 Å². The van der Waals surface area contributed by atoms with E-state index in [1.165, 1.54) is 51.4 Å². The van der Waals surface area contributed by atoms with E-state index in [1.807, 2.05) is 0 Å². The number of amides is 1. The quantitative estimate of drug-likeness (QED) is 0.188. The first kappa shape index (κ1) is 28.6. The van der Waals surface area contributed by atoms with Crippen molar-refractivity contribution < 1.29 is 19.8 Å². The van der Waals surface area contributed by atoms with E-state index in [9.17, 15) is 9.59 Å². The van der Waals surface area contributed by atoms with E-state index in [-0.39, 0.29) is 29.0 Å². The number of unbranched alkanes of at least 4 members (excludes halogenated alkanes) is 11. The van der Waals surface area contributed by atoms with Crippen LogP contribution in [0, 0.1) is 0 Å². The highest BCUT2D eigenvalue weighted by Gasteiger charge is 2.17. The number of carbonyl (C=O) groups excluding carboxylic acids is 1. The molecule has 0 spiro atoms. The Bertz CT molecular complexity index is 388. The van der Waals surface area contributed by atoms with Crippen molar-refractivity contribution in [2.24, 2.45) is 0 Å². The highest BCUT2D eigenvalue weighted by Crippen LogP contribution is 2.10. The number of hydrogen-bond donors (Lipinski definition) is 3. The van der Waals surface area contributed by atoms with E-state index in [4.69, 9.17) is 10.2 Å². The Hall–Kier alpha value is -0.594. The van der Waals surface area contributed by atoms with Gasteiger partial charge in [0.1, 0.15) is 6.04 Å². The fourth-order valence-electron chi connectivity index (χ4n) is 2.81. The minimum Gasteiger partial charge on any atom is -0.480 e. The molecule has 0 saturated carbocycles. The van der Waals surface area contributed by atoms with Gasteiger partial charge in [-0.3, -0.25) is 4.79 Å². The zero-order valence-corrected chi connectivity index (χ0v) is 16.5. The Morgan fingerprint density at radius 1 is 0.852 bits per heavy atom. The summed E-state index contributed by atoms with van der Waals surface area (Å²) in [5, 5.41) is 19.9. The summed E-state index contributed by atoms with van der Waals surface area (Å²) in [6.45, 7) is 1.67. The molecule has 0 aliphatic rings. The molecule has 1 amide bonds. The summed E-state index contributed by atoms with van der Waals surface area (Å²) in [4.78, 5) is 22.3. The predicted octanol–water partition coefficient (Wildman–Crippen LogP) is 3.67. The minimum atomic E-state index is -1.20. The Morgan fingerprint density at radius 3 is 1.81 bits per heavy atom. The van der Waals surface area contributed by atoms with Crippen LogP contribution in [0.2, 0.25) is 0 Å². The van der Waals surface area contributed by atoms with Gasteiger partial charge in [0.05, 0.1) is 6.61 Å². The van der Waals surface area contributed by atoms with Crippen LogP contribution in [0.15, 0.2) is 12.2 Å². The largest absolute Gasteiger partial charge is 0.480 e. The molecule has 0 aliphatic carbocycles. The van der Waals surface area contributed by atoms with E-state index >= 15 is 0 Å². The smallest absolute Gasteiger partial charge is 0.328 e. The number of carbonyl (C=O) groups is 2. The number of rotatable bonds is 18. The molecule has 156 valence electrons. The molecule has 0 aliphatic heterocycles. The van der Waals surface area contributed by atoms with Crippen molar-refractivity contribution in [2.75, 3.05) is 6.61 Å². The van der Waals surface area contributed by atoms with Gasteiger partial charge in [-0.25, -0.2) is 4.79 Å². The first-order chi connectivity index (χ1) is 12.6. The normalized spacial score (nSPS) is 11.9. The monoisotopic (exact) mass is 395 g/mol. The zero-order chi connectivity index (χ0) is 19.5. The van der Waals surface area contributed by atoms with Gasteiger partial charge in [0.25, 0.3) is 0 Å². The van der Waals surface area contributed by atoms with Crippen molar-refractivity contribution in [3.8, 4) is 0 Å². The average Bonchev–Trinajstić information content (AvgIpc) is 2.62. The lowest BCUT2D eigenvalue weighted by Gasteiger charge is -2.11.